The SMILES string of the molecule is Cc1cccc(N2C[C@H]3CN(C(=O)c4ccccc4)C[C@H]3C2)n1. The lowest BCUT2D eigenvalue weighted by Gasteiger charge is -2.22. The molecule has 2 aliphatic rings. The molecule has 0 aliphatic carbocycles. The predicted octanol–water partition coefficient (Wildman–Crippen LogP) is 2.60. The van der Waals surface area contributed by atoms with Crippen LogP contribution in [0, 0.1) is 18.8 Å². The van der Waals surface area contributed by atoms with Crippen molar-refractivity contribution in [2.75, 3.05) is 31.1 Å². The van der Waals surface area contributed by atoms with E-state index in [-0.39, 0.29) is 5.91 Å². The van der Waals surface area contributed by atoms with E-state index in [1.807, 2.05) is 48.2 Å². The van der Waals surface area contributed by atoms with E-state index in [0.717, 1.165) is 43.3 Å². The Morgan fingerprint density at radius 3 is 2.30 bits per heavy atom. The van der Waals surface area contributed by atoms with Crippen molar-refractivity contribution in [1.82, 2.24) is 9.88 Å². The van der Waals surface area contributed by atoms with Crippen LogP contribution in [0.2, 0.25) is 0 Å². The lowest BCUT2D eigenvalue weighted by Crippen LogP contribution is -2.33. The second-order valence-electron chi connectivity index (χ2n) is 6.64. The Hall–Kier alpha value is -2.36. The highest BCUT2D eigenvalue weighted by Crippen LogP contribution is 2.33. The maximum atomic E-state index is 12.6. The molecule has 2 saturated heterocycles. The number of fused-ring (bicyclic) bond motifs is 1. The number of rotatable bonds is 2. The number of aryl methyl sites for hydroxylation is 1. The maximum Gasteiger partial charge on any atom is 0.253 e. The number of pyridine rings is 1. The van der Waals surface area contributed by atoms with Crippen LogP contribution in [0.25, 0.3) is 0 Å². The zero-order valence-electron chi connectivity index (χ0n) is 13.4. The predicted molar refractivity (Wildman–Crippen MR) is 90.5 cm³/mol. The van der Waals surface area contributed by atoms with Gasteiger partial charge in [0, 0.05) is 49.3 Å². The van der Waals surface area contributed by atoms with Gasteiger partial charge < -0.3 is 9.80 Å². The summed E-state index contributed by atoms with van der Waals surface area (Å²) >= 11 is 0. The topological polar surface area (TPSA) is 36.4 Å². The number of amides is 1. The second-order valence-corrected chi connectivity index (χ2v) is 6.64. The number of carbonyl (C=O) groups excluding carboxylic acids is 1. The van der Waals surface area contributed by atoms with Crippen molar-refractivity contribution in [2.45, 2.75) is 6.92 Å². The molecule has 1 aromatic heterocycles. The summed E-state index contributed by atoms with van der Waals surface area (Å²) < 4.78 is 0. The molecule has 0 radical (unpaired) electrons. The summed E-state index contributed by atoms with van der Waals surface area (Å²) in [6.07, 6.45) is 0. The fraction of sp³-hybridized carbons (Fsp3) is 0.368. The zero-order valence-corrected chi connectivity index (χ0v) is 13.4. The van der Waals surface area contributed by atoms with Crippen molar-refractivity contribution in [2.24, 2.45) is 11.8 Å². The minimum Gasteiger partial charge on any atom is -0.356 e. The van der Waals surface area contributed by atoms with E-state index in [9.17, 15) is 4.79 Å². The van der Waals surface area contributed by atoms with Crippen molar-refractivity contribution < 1.29 is 4.79 Å². The summed E-state index contributed by atoms with van der Waals surface area (Å²) in [7, 11) is 0. The largest absolute Gasteiger partial charge is 0.356 e. The smallest absolute Gasteiger partial charge is 0.253 e. The third kappa shape index (κ3) is 2.69. The molecule has 4 nitrogen and oxygen atoms in total. The molecule has 0 bridgehead atoms. The average molecular weight is 307 g/mol. The first-order valence-electron chi connectivity index (χ1n) is 8.23. The molecule has 1 aromatic carbocycles. The number of likely N-dealkylation sites (tertiary alicyclic amines) is 1. The van der Waals surface area contributed by atoms with Crippen LogP contribution in [0.15, 0.2) is 48.5 Å². The fourth-order valence-corrected chi connectivity index (χ4v) is 3.81. The molecule has 2 fully saturated rings. The highest BCUT2D eigenvalue weighted by molar-refractivity contribution is 5.94. The number of hydrogen-bond acceptors (Lipinski definition) is 3. The van der Waals surface area contributed by atoms with Gasteiger partial charge in [0.2, 0.25) is 0 Å². The third-order valence-electron chi connectivity index (χ3n) is 4.99. The fourth-order valence-electron chi connectivity index (χ4n) is 3.81. The first-order valence-corrected chi connectivity index (χ1v) is 8.23. The van der Waals surface area contributed by atoms with Gasteiger partial charge >= 0.3 is 0 Å². The minimum atomic E-state index is 0.167. The molecule has 1 amide bonds. The van der Waals surface area contributed by atoms with E-state index >= 15 is 0 Å². The van der Waals surface area contributed by atoms with Gasteiger partial charge in [-0.1, -0.05) is 24.3 Å². The highest BCUT2D eigenvalue weighted by Gasteiger charge is 2.42. The molecule has 23 heavy (non-hydrogen) atoms. The quantitative estimate of drug-likeness (QED) is 0.856. The minimum absolute atomic E-state index is 0.167. The summed E-state index contributed by atoms with van der Waals surface area (Å²) in [6, 6.07) is 15.8. The number of nitrogens with zero attached hydrogens (tertiary/aromatic N) is 3. The van der Waals surface area contributed by atoms with E-state index in [1.54, 1.807) is 0 Å². The van der Waals surface area contributed by atoms with Gasteiger partial charge in [-0.25, -0.2) is 4.98 Å². The molecule has 4 rings (SSSR count). The maximum absolute atomic E-state index is 12.6. The van der Waals surface area contributed by atoms with Crippen LogP contribution in [0.1, 0.15) is 16.1 Å². The summed E-state index contributed by atoms with van der Waals surface area (Å²) in [4.78, 5) is 21.6. The van der Waals surface area contributed by atoms with Gasteiger partial charge in [-0.3, -0.25) is 4.79 Å². The summed E-state index contributed by atoms with van der Waals surface area (Å²) in [5.74, 6) is 2.36. The van der Waals surface area contributed by atoms with Gasteiger partial charge in [0.25, 0.3) is 5.91 Å². The molecule has 3 heterocycles. The third-order valence-corrected chi connectivity index (χ3v) is 4.99. The Labute approximate surface area is 136 Å². The van der Waals surface area contributed by atoms with Gasteiger partial charge in [0.15, 0.2) is 0 Å². The highest BCUT2D eigenvalue weighted by atomic mass is 16.2. The van der Waals surface area contributed by atoms with E-state index in [2.05, 4.69) is 22.0 Å². The van der Waals surface area contributed by atoms with Crippen molar-refractivity contribution >= 4 is 11.7 Å². The Bertz CT molecular complexity index is 702. The first-order chi connectivity index (χ1) is 11.2. The van der Waals surface area contributed by atoms with Gasteiger partial charge in [0.1, 0.15) is 5.82 Å². The zero-order chi connectivity index (χ0) is 15.8. The monoisotopic (exact) mass is 307 g/mol. The Balaban J connectivity index is 1.43. The van der Waals surface area contributed by atoms with Gasteiger partial charge in [-0.2, -0.15) is 0 Å². The normalized spacial score (nSPS) is 23.2. The summed E-state index contributed by atoms with van der Waals surface area (Å²) in [5, 5.41) is 0. The molecule has 0 saturated carbocycles. The van der Waals surface area contributed by atoms with E-state index < -0.39 is 0 Å². The molecule has 0 spiro atoms. The molecule has 118 valence electrons. The second kappa shape index (κ2) is 5.69. The van der Waals surface area contributed by atoms with Crippen molar-refractivity contribution in [1.29, 1.82) is 0 Å². The number of hydrogen-bond donors (Lipinski definition) is 0. The molecule has 2 aromatic rings. The number of aromatic nitrogens is 1. The lowest BCUT2D eigenvalue weighted by atomic mass is 10.0. The van der Waals surface area contributed by atoms with Crippen molar-refractivity contribution in [3.05, 3.63) is 59.8 Å². The van der Waals surface area contributed by atoms with E-state index in [0.29, 0.717) is 11.8 Å². The van der Waals surface area contributed by atoms with Gasteiger partial charge in [0.05, 0.1) is 0 Å². The molecule has 2 atom stereocenters. The summed E-state index contributed by atoms with van der Waals surface area (Å²) in [5.41, 5.74) is 1.85. The van der Waals surface area contributed by atoms with Crippen molar-refractivity contribution in [3.8, 4) is 0 Å². The Morgan fingerprint density at radius 2 is 1.65 bits per heavy atom. The number of carbonyl (C=O) groups is 1. The summed E-state index contributed by atoms with van der Waals surface area (Å²) in [6.45, 7) is 5.75. The Kier molecular flexibility index (Phi) is 3.52. The van der Waals surface area contributed by atoms with Crippen molar-refractivity contribution in [3.63, 3.8) is 0 Å². The van der Waals surface area contributed by atoms with Crippen LogP contribution in [0.5, 0.6) is 0 Å². The van der Waals surface area contributed by atoms with Crippen LogP contribution in [0.4, 0.5) is 5.82 Å². The van der Waals surface area contributed by atoms with Crippen LogP contribution >= 0.6 is 0 Å². The molecule has 2 aliphatic heterocycles. The number of benzene rings is 1. The van der Waals surface area contributed by atoms with Crippen LogP contribution in [-0.4, -0.2) is 42.0 Å². The van der Waals surface area contributed by atoms with Crippen LogP contribution in [-0.2, 0) is 0 Å². The number of anilines is 1. The van der Waals surface area contributed by atoms with E-state index in [4.69, 9.17) is 0 Å². The molecular weight excluding hydrogens is 286 g/mol. The lowest BCUT2D eigenvalue weighted by molar-refractivity contribution is 0.0782. The Morgan fingerprint density at radius 1 is 0.957 bits per heavy atom. The first kappa shape index (κ1) is 14.2. The standard InChI is InChI=1S/C19H21N3O/c1-14-6-5-9-18(20-14)21-10-16-12-22(13-17(16)11-21)19(23)15-7-3-2-4-8-15/h2-9,16-17H,10-13H2,1H3/t16-,17+. The molecule has 0 unspecified atom stereocenters. The molecular formula is C19H21N3O. The molecule has 0 N–H and O–H groups in total. The molecule has 4 heteroatoms. The van der Waals surface area contributed by atoms with Crippen LogP contribution in [0.3, 0.4) is 0 Å². The van der Waals surface area contributed by atoms with E-state index in [1.165, 1.54) is 0 Å². The van der Waals surface area contributed by atoms with Crippen LogP contribution < -0.4 is 4.90 Å². The van der Waals surface area contributed by atoms with Gasteiger partial charge in [-0.05, 0) is 31.2 Å². The average Bonchev–Trinajstić information content (AvgIpc) is 3.14. The van der Waals surface area contributed by atoms with Gasteiger partial charge in [-0.15, -0.1) is 0 Å².